The van der Waals surface area contributed by atoms with E-state index in [4.69, 9.17) is 5.26 Å². The first-order valence-corrected chi connectivity index (χ1v) is 7.09. The second kappa shape index (κ2) is 5.38. The SMILES string of the molecule is CC1CC(c2ccccc2)CN1c1ccc(C#N)cc1. The molecule has 0 spiro atoms. The molecule has 0 N–H and O–H groups in total. The molecule has 1 saturated heterocycles. The van der Waals surface area contributed by atoms with E-state index in [0.29, 0.717) is 12.0 Å². The zero-order valence-corrected chi connectivity index (χ0v) is 11.7. The maximum Gasteiger partial charge on any atom is 0.0991 e. The van der Waals surface area contributed by atoms with E-state index >= 15 is 0 Å². The Labute approximate surface area is 120 Å². The van der Waals surface area contributed by atoms with Crippen LogP contribution in [0.3, 0.4) is 0 Å². The molecule has 0 radical (unpaired) electrons. The van der Waals surface area contributed by atoms with Gasteiger partial charge in [-0.25, -0.2) is 0 Å². The number of hydrogen-bond acceptors (Lipinski definition) is 2. The molecular weight excluding hydrogens is 244 g/mol. The summed E-state index contributed by atoms with van der Waals surface area (Å²) in [5, 5.41) is 8.87. The first-order chi connectivity index (χ1) is 9.78. The van der Waals surface area contributed by atoms with Crippen molar-refractivity contribution in [3.8, 4) is 6.07 Å². The molecule has 2 atom stereocenters. The predicted octanol–water partition coefficient (Wildman–Crippen LogP) is 3.94. The minimum Gasteiger partial charge on any atom is -0.368 e. The summed E-state index contributed by atoms with van der Waals surface area (Å²) in [6, 6.07) is 21.4. The van der Waals surface area contributed by atoms with Crippen LogP contribution in [0.25, 0.3) is 0 Å². The summed E-state index contributed by atoms with van der Waals surface area (Å²) in [7, 11) is 0. The summed E-state index contributed by atoms with van der Waals surface area (Å²) in [5.41, 5.74) is 3.37. The summed E-state index contributed by atoms with van der Waals surface area (Å²) >= 11 is 0. The van der Waals surface area contributed by atoms with Crippen molar-refractivity contribution in [3.63, 3.8) is 0 Å². The maximum atomic E-state index is 8.87. The fraction of sp³-hybridized carbons (Fsp3) is 0.278. The van der Waals surface area contributed by atoms with Crippen molar-refractivity contribution in [1.82, 2.24) is 0 Å². The lowest BCUT2D eigenvalue weighted by molar-refractivity contribution is 0.699. The lowest BCUT2D eigenvalue weighted by Crippen LogP contribution is -2.26. The van der Waals surface area contributed by atoms with Gasteiger partial charge in [0, 0.05) is 24.2 Å². The summed E-state index contributed by atoms with van der Waals surface area (Å²) in [6.07, 6.45) is 1.18. The van der Waals surface area contributed by atoms with Crippen molar-refractivity contribution in [2.24, 2.45) is 0 Å². The van der Waals surface area contributed by atoms with Gasteiger partial charge in [-0.05, 0) is 43.2 Å². The Morgan fingerprint density at radius 2 is 1.75 bits per heavy atom. The minimum atomic E-state index is 0.535. The van der Waals surface area contributed by atoms with Gasteiger partial charge < -0.3 is 4.90 Å². The van der Waals surface area contributed by atoms with Gasteiger partial charge >= 0.3 is 0 Å². The molecule has 0 aliphatic carbocycles. The number of anilines is 1. The molecule has 1 aliphatic rings. The molecule has 2 aromatic carbocycles. The zero-order chi connectivity index (χ0) is 13.9. The van der Waals surface area contributed by atoms with Gasteiger partial charge in [-0.3, -0.25) is 0 Å². The molecule has 0 aromatic heterocycles. The van der Waals surface area contributed by atoms with E-state index < -0.39 is 0 Å². The highest BCUT2D eigenvalue weighted by molar-refractivity contribution is 5.52. The Bertz CT molecular complexity index is 610. The fourth-order valence-electron chi connectivity index (χ4n) is 3.08. The molecule has 2 heteroatoms. The average Bonchev–Trinajstić information content (AvgIpc) is 2.90. The van der Waals surface area contributed by atoms with E-state index in [0.717, 1.165) is 12.1 Å². The maximum absolute atomic E-state index is 8.87. The van der Waals surface area contributed by atoms with Crippen LogP contribution in [0, 0.1) is 11.3 Å². The molecule has 2 nitrogen and oxygen atoms in total. The van der Waals surface area contributed by atoms with Crippen LogP contribution in [0.4, 0.5) is 5.69 Å². The van der Waals surface area contributed by atoms with E-state index in [1.54, 1.807) is 0 Å². The Balaban J connectivity index is 1.80. The lowest BCUT2D eigenvalue weighted by Gasteiger charge is -2.23. The molecule has 3 rings (SSSR count). The van der Waals surface area contributed by atoms with Crippen molar-refractivity contribution in [2.45, 2.75) is 25.3 Å². The Kier molecular flexibility index (Phi) is 3.43. The minimum absolute atomic E-state index is 0.535. The Hall–Kier alpha value is -2.27. The van der Waals surface area contributed by atoms with Crippen molar-refractivity contribution < 1.29 is 0 Å². The van der Waals surface area contributed by atoms with Crippen LogP contribution in [0.5, 0.6) is 0 Å². The summed E-state index contributed by atoms with van der Waals surface area (Å²) < 4.78 is 0. The Morgan fingerprint density at radius 1 is 1.05 bits per heavy atom. The van der Waals surface area contributed by atoms with Crippen LogP contribution in [0.1, 0.15) is 30.4 Å². The van der Waals surface area contributed by atoms with Gasteiger partial charge in [0.15, 0.2) is 0 Å². The van der Waals surface area contributed by atoms with E-state index in [-0.39, 0.29) is 0 Å². The summed E-state index contributed by atoms with van der Waals surface area (Å²) in [4.78, 5) is 2.44. The third-order valence-electron chi connectivity index (χ3n) is 4.17. The molecule has 0 amide bonds. The van der Waals surface area contributed by atoms with Gasteiger partial charge in [0.1, 0.15) is 0 Å². The van der Waals surface area contributed by atoms with Crippen LogP contribution in [-0.4, -0.2) is 12.6 Å². The van der Waals surface area contributed by atoms with E-state index in [2.05, 4.69) is 60.4 Å². The molecule has 100 valence electrons. The molecule has 2 aromatic rings. The molecule has 20 heavy (non-hydrogen) atoms. The van der Waals surface area contributed by atoms with Crippen molar-refractivity contribution >= 4 is 5.69 Å². The van der Waals surface area contributed by atoms with Crippen LogP contribution in [-0.2, 0) is 0 Å². The highest BCUT2D eigenvalue weighted by atomic mass is 15.2. The highest BCUT2D eigenvalue weighted by Crippen LogP contribution is 2.34. The van der Waals surface area contributed by atoms with Gasteiger partial charge in [0.25, 0.3) is 0 Å². The molecule has 1 heterocycles. The zero-order valence-electron chi connectivity index (χ0n) is 11.7. The highest BCUT2D eigenvalue weighted by Gasteiger charge is 2.29. The number of benzene rings is 2. The molecule has 1 aliphatic heterocycles. The van der Waals surface area contributed by atoms with Gasteiger partial charge in [-0.1, -0.05) is 30.3 Å². The van der Waals surface area contributed by atoms with Crippen molar-refractivity contribution in [1.29, 1.82) is 5.26 Å². The van der Waals surface area contributed by atoms with E-state index in [9.17, 15) is 0 Å². The number of rotatable bonds is 2. The second-order valence-electron chi connectivity index (χ2n) is 5.50. The topological polar surface area (TPSA) is 27.0 Å². The van der Waals surface area contributed by atoms with Gasteiger partial charge in [0.2, 0.25) is 0 Å². The molecule has 0 saturated carbocycles. The van der Waals surface area contributed by atoms with Crippen molar-refractivity contribution in [3.05, 3.63) is 65.7 Å². The largest absolute Gasteiger partial charge is 0.368 e. The van der Waals surface area contributed by atoms with E-state index in [1.807, 2.05) is 12.1 Å². The molecular formula is C18H18N2. The van der Waals surface area contributed by atoms with Crippen molar-refractivity contribution in [2.75, 3.05) is 11.4 Å². The molecule has 1 fully saturated rings. The number of hydrogen-bond donors (Lipinski definition) is 0. The predicted molar refractivity (Wildman–Crippen MR) is 81.8 cm³/mol. The van der Waals surface area contributed by atoms with Gasteiger partial charge in [-0.15, -0.1) is 0 Å². The fourth-order valence-corrected chi connectivity index (χ4v) is 3.08. The molecule has 2 unspecified atom stereocenters. The first kappa shape index (κ1) is 12.7. The smallest absolute Gasteiger partial charge is 0.0991 e. The standard InChI is InChI=1S/C18H18N2/c1-14-11-17(16-5-3-2-4-6-16)13-20(14)18-9-7-15(12-19)8-10-18/h2-10,14,17H,11,13H2,1H3. The van der Waals surface area contributed by atoms with E-state index in [1.165, 1.54) is 17.7 Å². The first-order valence-electron chi connectivity index (χ1n) is 7.09. The van der Waals surface area contributed by atoms with Crippen LogP contribution < -0.4 is 4.90 Å². The van der Waals surface area contributed by atoms with Gasteiger partial charge in [0.05, 0.1) is 11.6 Å². The molecule has 0 bridgehead atoms. The second-order valence-corrected chi connectivity index (χ2v) is 5.50. The van der Waals surface area contributed by atoms with Gasteiger partial charge in [-0.2, -0.15) is 5.26 Å². The Morgan fingerprint density at radius 3 is 2.40 bits per heavy atom. The van der Waals surface area contributed by atoms with Crippen LogP contribution >= 0.6 is 0 Å². The quantitative estimate of drug-likeness (QED) is 0.819. The average molecular weight is 262 g/mol. The summed E-state index contributed by atoms with van der Waals surface area (Å²) in [6.45, 7) is 3.33. The number of nitriles is 1. The lowest BCUT2D eigenvalue weighted by atomic mass is 9.97. The third-order valence-corrected chi connectivity index (χ3v) is 4.17. The summed E-state index contributed by atoms with van der Waals surface area (Å²) in [5.74, 6) is 0.599. The third kappa shape index (κ3) is 2.40. The normalized spacial score (nSPS) is 21.7. The van der Waals surface area contributed by atoms with Crippen LogP contribution in [0.2, 0.25) is 0 Å². The number of nitrogens with zero attached hydrogens (tertiary/aromatic N) is 2. The van der Waals surface area contributed by atoms with Crippen LogP contribution in [0.15, 0.2) is 54.6 Å². The monoisotopic (exact) mass is 262 g/mol.